The molecule has 5 nitrogen and oxygen atoms in total. The highest BCUT2D eigenvalue weighted by Gasteiger charge is 2.25. The zero-order valence-corrected chi connectivity index (χ0v) is 14.5. The molecule has 0 bridgehead atoms. The van der Waals surface area contributed by atoms with Gasteiger partial charge in [-0.05, 0) is 31.7 Å². The molecule has 2 aromatic rings. The van der Waals surface area contributed by atoms with Gasteiger partial charge in [-0.15, -0.1) is 24.8 Å². The Morgan fingerprint density at radius 2 is 1.78 bits per heavy atom. The summed E-state index contributed by atoms with van der Waals surface area (Å²) in [5.74, 6) is -0.132. The Labute approximate surface area is 147 Å². The van der Waals surface area contributed by atoms with Crippen LogP contribution in [0.3, 0.4) is 0 Å². The molecule has 23 heavy (non-hydrogen) atoms. The fraction of sp³-hybridized carbons (Fsp3) is 0.438. The predicted molar refractivity (Wildman–Crippen MR) is 94.6 cm³/mol. The summed E-state index contributed by atoms with van der Waals surface area (Å²) in [5, 5.41) is 1.02. The molecule has 3 rings (SSSR count). The Morgan fingerprint density at radius 3 is 2.39 bits per heavy atom. The molecule has 1 aromatic carbocycles. The van der Waals surface area contributed by atoms with Gasteiger partial charge >= 0.3 is 0 Å². The van der Waals surface area contributed by atoms with E-state index in [1.807, 2.05) is 24.3 Å². The molecule has 1 fully saturated rings. The average molecular weight is 358 g/mol. The number of nitrogens with zero attached hydrogens (tertiary/aromatic N) is 2. The fourth-order valence-corrected chi connectivity index (χ4v) is 3.09. The van der Waals surface area contributed by atoms with Crippen LogP contribution in [0.5, 0.6) is 0 Å². The van der Waals surface area contributed by atoms with Crippen molar-refractivity contribution in [3.8, 4) is 0 Å². The van der Waals surface area contributed by atoms with Crippen molar-refractivity contribution in [2.75, 3.05) is 7.11 Å². The molecular formula is C16H21Cl2N3O2. The van der Waals surface area contributed by atoms with E-state index >= 15 is 0 Å². The van der Waals surface area contributed by atoms with Crippen LogP contribution in [0.2, 0.25) is 0 Å². The summed E-state index contributed by atoms with van der Waals surface area (Å²) >= 11 is 0. The number of benzene rings is 1. The Bertz CT molecular complexity index is 673. The summed E-state index contributed by atoms with van der Waals surface area (Å²) in [5.41, 5.74) is 7.09. The van der Waals surface area contributed by atoms with Gasteiger partial charge in [-0.25, -0.2) is 9.97 Å². The van der Waals surface area contributed by atoms with E-state index in [4.69, 9.17) is 10.5 Å². The third-order valence-corrected chi connectivity index (χ3v) is 4.25. The number of fused-ring (bicyclic) bond motifs is 1. The normalized spacial score (nSPS) is 20.4. The number of hydrogen-bond acceptors (Lipinski definition) is 4. The molecular weight excluding hydrogens is 337 g/mol. The van der Waals surface area contributed by atoms with Gasteiger partial charge in [0, 0.05) is 18.4 Å². The maximum Gasteiger partial charge on any atom is 0.286 e. The molecule has 0 saturated heterocycles. The third-order valence-electron chi connectivity index (χ3n) is 4.25. The Morgan fingerprint density at radius 1 is 1.13 bits per heavy atom. The van der Waals surface area contributed by atoms with Gasteiger partial charge in [0.25, 0.3) is 5.91 Å². The average Bonchev–Trinajstić information content (AvgIpc) is 2.54. The number of rotatable bonds is 3. The molecule has 1 saturated carbocycles. The van der Waals surface area contributed by atoms with E-state index in [0.29, 0.717) is 12.0 Å². The van der Waals surface area contributed by atoms with E-state index in [-0.39, 0.29) is 30.6 Å². The highest BCUT2D eigenvalue weighted by atomic mass is 35.5. The molecule has 126 valence electrons. The minimum absolute atomic E-state index is 0. The largest absolute Gasteiger partial charge is 0.381 e. The van der Waals surface area contributed by atoms with Crippen molar-refractivity contribution in [3.05, 3.63) is 35.8 Å². The number of carbonyl (C=O) groups is 1. The maximum atomic E-state index is 11.5. The van der Waals surface area contributed by atoms with Crippen LogP contribution in [-0.2, 0) is 4.74 Å². The van der Waals surface area contributed by atoms with E-state index in [1.165, 1.54) is 0 Å². The highest BCUT2D eigenvalue weighted by molar-refractivity contribution is 5.92. The quantitative estimate of drug-likeness (QED) is 0.914. The number of para-hydroxylation sites is 1. The standard InChI is InChI=1S/C16H19N3O2.2ClH/c1-21-11-8-6-10(7-9-11)14-12-4-2-3-5-13(12)18-16(19-14)15(17)20;;/h2-5,10-11H,6-9H2,1H3,(H2,17,20);2*1H. The van der Waals surface area contributed by atoms with Gasteiger partial charge in [-0.1, -0.05) is 18.2 Å². The second-order valence-electron chi connectivity index (χ2n) is 5.52. The molecule has 0 aliphatic heterocycles. The molecule has 0 spiro atoms. The zero-order chi connectivity index (χ0) is 14.8. The second-order valence-corrected chi connectivity index (χ2v) is 5.52. The first kappa shape index (κ1) is 19.6. The minimum atomic E-state index is -0.576. The summed E-state index contributed by atoms with van der Waals surface area (Å²) in [4.78, 5) is 20.2. The molecule has 1 heterocycles. The van der Waals surface area contributed by atoms with E-state index in [9.17, 15) is 4.79 Å². The van der Waals surface area contributed by atoms with Crippen LogP contribution in [0.1, 0.15) is 47.9 Å². The Balaban J connectivity index is 0.00000132. The van der Waals surface area contributed by atoms with Crippen LogP contribution in [0.25, 0.3) is 10.9 Å². The summed E-state index contributed by atoms with van der Waals surface area (Å²) < 4.78 is 5.42. The Kier molecular flexibility index (Phi) is 7.19. The lowest BCUT2D eigenvalue weighted by Gasteiger charge is -2.27. The molecule has 1 aliphatic rings. The van der Waals surface area contributed by atoms with Crippen LogP contribution in [0.4, 0.5) is 0 Å². The van der Waals surface area contributed by atoms with Crippen LogP contribution < -0.4 is 5.73 Å². The van der Waals surface area contributed by atoms with E-state index in [0.717, 1.165) is 42.3 Å². The zero-order valence-electron chi connectivity index (χ0n) is 12.9. The van der Waals surface area contributed by atoms with E-state index in [1.54, 1.807) is 7.11 Å². The molecule has 7 heteroatoms. The number of primary amides is 1. The summed E-state index contributed by atoms with van der Waals surface area (Å²) in [6.07, 6.45) is 4.40. The van der Waals surface area contributed by atoms with Crippen molar-refractivity contribution < 1.29 is 9.53 Å². The van der Waals surface area contributed by atoms with Gasteiger partial charge in [0.15, 0.2) is 0 Å². The monoisotopic (exact) mass is 357 g/mol. The van der Waals surface area contributed by atoms with Crippen LogP contribution in [0.15, 0.2) is 24.3 Å². The predicted octanol–water partition coefficient (Wildman–Crippen LogP) is 3.24. The van der Waals surface area contributed by atoms with Crippen LogP contribution in [-0.4, -0.2) is 29.1 Å². The lowest BCUT2D eigenvalue weighted by molar-refractivity contribution is 0.0656. The van der Waals surface area contributed by atoms with Gasteiger partial charge in [-0.2, -0.15) is 0 Å². The van der Waals surface area contributed by atoms with Gasteiger partial charge in [0.05, 0.1) is 17.3 Å². The number of carbonyl (C=O) groups excluding carboxylic acids is 1. The first-order valence-electron chi connectivity index (χ1n) is 7.28. The van der Waals surface area contributed by atoms with Crippen molar-refractivity contribution in [2.24, 2.45) is 5.73 Å². The number of nitrogens with two attached hydrogens (primary N) is 1. The molecule has 0 unspecified atom stereocenters. The lowest BCUT2D eigenvalue weighted by Crippen LogP contribution is -2.22. The summed E-state index contributed by atoms with van der Waals surface area (Å²) in [6.45, 7) is 0. The number of aromatic nitrogens is 2. The second kappa shape index (κ2) is 8.43. The SMILES string of the molecule is COC1CCC(c2nc(C(N)=O)nc3ccccc23)CC1.Cl.Cl. The van der Waals surface area contributed by atoms with Crippen molar-refractivity contribution in [2.45, 2.75) is 37.7 Å². The van der Waals surface area contributed by atoms with Gasteiger partial charge in [-0.3, -0.25) is 4.79 Å². The van der Waals surface area contributed by atoms with Crippen molar-refractivity contribution in [3.63, 3.8) is 0 Å². The molecule has 2 N–H and O–H groups in total. The fourth-order valence-electron chi connectivity index (χ4n) is 3.09. The van der Waals surface area contributed by atoms with Gasteiger partial charge in [0.2, 0.25) is 5.82 Å². The smallest absolute Gasteiger partial charge is 0.286 e. The molecule has 1 aliphatic carbocycles. The molecule has 1 amide bonds. The number of hydrogen-bond donors (Lipinski definition) is 1. The number of amides is 1. The number of methoxy groups -OCH3 is 1. The van der Waals surface area contributed by atoms with Gasteiger partial charge < -0.3 is 10.5 Å². The number of ether oxygens (including phenoxy) is 1. The van der Waals surface area contributed by atoms with Crippen molar-refractivity contribution in [1.29, 1.82) is 0 Å². The highest BCUT2D eigenvalue weighted by Crippen LogP contribution is 2.35. The number of halogens is 2. The summed E-state index contributed by atoms with van der Waals surface area (Å²) in [6, 6.07) is 7.79. The van der Waals surface area contributed by atoms with E-state index in [2.05, 4.69) is 9.97 Å². The molecule has 0 radical (unpaired) electrons. The van der Waals surface area contributed by atoms with Crippen molar-refractivity contribution >= 4 is 41.6 Å². The third kappa shape index (κ3) is 4.10. The first-order chi connectivity index (χ1) is 10.2. The Hall–Kier alpha value is -1.43. The summed E-state index contributed by atoms with van der Waals surface area (Å²) in [7, 11) is 1.76. The minimum Gasteiger partial charge on any atom is -0.381 e. The maximum absolute atomic E-state index is 11.5. The first-order valence-corrected chi connectivity index (χ1v) is 7.28. The van der Waals surface area contributed by atoms with Crippen molar-refractivity contribution in [1.82, 2.24) is 9.97 Å². The topological polar surface area (TPSA) is 78.1 Å². The molecule has 1 aromatic heterocycles. The van der Waals surface area contributed by atoms with Crippen LogP contribution >= 0.6 is 24.8 Å². The van der Waals surface area contributed by atoms with Gasteiger partial charge in [0.1, 0.15) is 0 Å². The van der Waals surface area contributed by atoms with Crippen LogP contribution in [0, 0.1) is 0 Å². The molecule has 0 atom stereocenters. The lowest BCUT2D eigenvalue weighted by atomic mass is 9.84. The van der Waals surface area contributed by atoms with E-state index < -0.39 is 5.91 Å².